The molecule has 0 aromatic carbocycles. The van der Waals surface area contributed by atoms with E-state index in [4.69, 9.17) is 5.26 Å². The van der Waals surface area contributed by atoms with Crippen LogP contribution in [0.3, 0.4) is 0 Å². The van der Waals surface area contributed by atoms with E-state index in [1.807, 2.05) is 13.8 Å². The van der Waals surface area contributed by atoms with Gasteiger partial charge in [0.15, 0.2) is 0 Å². The maximum atomic E-state index is 9.02. The highest BCUT2D eigenvalue weighted by molar-refractivity contribution is 4.91. The maximum Gasteiger partial charge on any atom is 0.0683 e. The van der Waals surface area contributed by atoms with Crippen molar-refractivity contribution in [2.45, 2.75) is 53.4 Å². The first-order valence-electron chi connectivity index (χ1n) is 8.27. The molecule has 1 heterocycles. The molecule has 116 valence electrons. The Kier molecular flexibility index (Phi) is 7.55. The van der Waals surface area contributed by atoms with Gasteiger partial charge in [0.05, 0.1) is 11.5 Å². The van der Waals surface area contributed by atoms with Crippen molar-refractivity contribution in [3.8, 4) is 6.07 Å². The molecule has 1 aliphatic rings. The number of nitrogens with one attached hydrogen (secondary N) is 1. The lowest BCUT2D eigenvalue weighted by molar-refractivity contribution is 0.175. The molecule has 0 radical (unpaired) electrons. The second kappa shape index (κ2) is 8.64. The van der Waals surface area contributed by atoms with Gasteiger partial charge in [-0.05, 0) is 84.1 Å². The molecular weight excluding hydrogens is 246 g/mol. The first-order chi connectivity index (χ1) is 9.43. The molecule has 0 bridgehead atoms. The zero-order valence-corrected chi connectivity index (χ0v) is 13.9. The molecule has 1 fully saturated rings. The minimum Gasteiger partial charge on any atom is -0.316 e. The second-order valence-corrected chi connectivity index (χ2v) is 7.44. The van der Waals surface area contributed by atoms with E-state index in [9.17, 15) is 0 Å². The molecule has 0 aliphatic carbocycles. The number of rotatable bonds is 8. The summed E-state index contributed by atoms with van der Waals surface area (Å²) in [5.74, 6) is 1.61. The zero-order chi connectivity index (χ0) is 15.0. The number of nitriles is 1. The second-order valence-electron chi connectivity index (χ2n) is 7.44. The van der Waals surface area contributed by atoms with Crippen molar-refractivity contribution in [3.05, 3.63) is 0 Å². The van der Waals surface area contributed by atoms with E-state index in [0.717, 1.165) is 37.8 Å². The third-order valence-corrected chi connectivity index (χ3v) is 4.27. The highest BCUT2D eigenvalue weighted by Gasteiger charge is 2.20. The Balaban J connectivity index is 2.09. The smallest absolute Gasteiger partial charge is 0.0683 e. The van der Waals surface area contributed by atoms with E-state index in [2.05, 4.69) is 30.1 Å². The molecule has 1 saturated heterocycles. The van der Waals surface area contributed by atoms with Crippen molar-refractivity contribution in [2.75, 3.05) is 32.7 Å². The fourth-order valence-electron chi connectivity index (χ4n) is 2.79. The van der Waals surface area contributed by atoms with Crippen molar-refractivity contribution < 1.29 is 0 Å². The van der Waals surface area contributed by atoms with Gasteiger partial charge in [-0.15, -0.1) is 0 Å². The van der Waals surface area contributed by atoms with Crippen molar-refractivity contribution >= 4 is 0 Å². The summed E-state index contributed by atoms with van der Waals surface area (Å²) in [5, 5.41) is 12.6. The molecule has 0 unspecified atom stereocenters. The van der Waals surface area contributed by atoms with Gasteiger partial charge in [0, 0.05) is 0 Å². The maximum absolute atomic E-state index is 9.02. The largest absolute Gasteiger partial charge is 0.316 e. The first-order valence-corrected chi connectivity index (χ1v) is 8.27. The minimum atomic E-state index is -0.154. The molecule has 0 spiro atoms. The fourth-order valence-corrected chi connectivity index (χ4v) is 2.79. The van der Waals surface area contributed by atoms with Gasteiger partial charge in [0.25, 0.3) is 0 Å². The molecule has 0 amide bonds. The van der Waals surface area contributed by atoms with E-state index >= 15 is 0 Å². The molecule has 0 atom stereocenters. The molecule has 1 aliphatic heterocycles. The average molecular weight is 279 g/mol. The van der Waals surface area contributed by atoms with Gasteiger partial charge >= 0.3 is 0 Å². The van der Waals surface area contributed by atoms with Gasteiger partial charge in [-0.1, -0.05) is 13.8 Å². The number of hydrogen-bond donors (Lipinski definition) is 1. The van der Waals surface area contributed by atoms with Crippen LogP contribution in [0.2, 0.25) is 0 Å². The van der Waals surface area contributed by atoms with Crippen LogP contribution in [0, 0.1) is 28.6 Å². The van der Waals surface area contributed by atoms with Crippen LogP contribution in [-0.2, 0) is 0 Å². The van der Waals surface area contributed by atoms with Crippen LogP contribution >= 0.6 is 0 Å². The van der Waals surface area contributed by atoms with Crippen molar-refractivity contribution in [1.29, 1.82) is 5.26 Å². The fraction of sp³-hybridized carbons (Fsp3) is 0.941. The van der Waals surface area contributed by atoms with Gasteiger partial charge in [0.2, 0.25) is 0 Å². The molecule has 1 N–H and O–H groups in total. The lowest BCUT2D eigenvalue weighted by Gasteiger charge is -2.32. The van der Waals surface area contributed by atoms with Crippen LogP contribution in [-0.4, -0.2) is 37.6 Å². The van der Waals surface area contributed by atoms with E-state index in [1.165, 1.54) is 32.5 Å². The van der Waals surface area contributed by atoms with Crippen LogP contribution < -0.4 is 5.32 Å². The first kappa shape index (κ1) is 17.5. The highest BCUT2D eigenvalue weighted by atomic mass is 15.1. The van der Waals surface area contributed by atoms with Crippen LogP contribution in [0.15, 0.2) is 0 Å². The zero-order valence-electron chi connectivity index (χ0n) is 13.9. The number of likely N-dealkylation sites (tertiary alicyclic amines) is 1. The van der Waals surface area contributed by atoms with Crippen molar-refractivity contribution in [3.63, 3.8) is 0 Å². The van der Waals surface area contributed by atoms with Gasteiger partial charge in [-0.25, -0.2) is 0 Å². The van der Waals surface area contributed by atoms with Gasteiger partial charge in [-0.3, -0.25) is 0 Å². The Morgan fingerprint density at radius 2 is 1.95 bits per heavy atom. The predicted molar refractivity (Wildman–Crippen MR) is 85.5 cm³/mol. The lowest BCUT2D eigenvalue weighted by Crippen LogP contribution is -2.38. The molecule has 3 heteroatoms. The number of nitrogens with zero attached hydrogens (tertiary/aromatic N) is 2. The predicted octanol–water partition coefficient (Wildman–Crippen LogP) is 3.27. The quantitative estimate of drug-likeness (QED) is 0.741. The van der Waals surface area contributed by atoms with Gasteiger partial charge in [0.1, 0.15) is 0 Å². The molecule has 0 saturated carbocycles. The molecule has 0 aromatic rings. The van der Waals surface area contributed by atoms with Crippen LogP contribution in [0.25, 0.3) is 0 Å². The van der Waals surface area contributed by atoms with E-state index < -0.39 is 0 Å². The van der Waals surface area contributed by atoms with E-state index in [1.54, 1.807) is 0 Å². The van der Waals surface area contributed by atoms with Crippen molar-refractivity contribution in [2.24, 2.45) is 17.3 Å². The Morgan fingerprint density at radius 3 is 2.50 bits per heavy atom. The van der Waals surface area contributed by atoms with Gasteiger partial charge in [-0.2, -0.15) is 5.26 Å². The Bertz CT molecular complexity index is 296. The summed E-state index contributed by atoms with van der Waals surface area (Å²) in [7, 11) is 0. The Morgan fingerprint density at radius 1 is 1.30 bits per heavy atom. The molecule has 3 nitrogen and oxygen atoms in total. The Labute approximate surface area is 125 Å². The third kappa shape index (κ3) is 7.26. The third-order valence-electron chi connectivity index (χ3n) is 4.27. The topological polar surface area (TPSA) is 39.1 Å². The van der Waals surface area contributed by atoms with Crippen LogP contribution in [0.1, 0.15) is 53.4 Å². The minimum absolute atomic E-state index is 0.154. The van der Waals surface area contributed by atoms with Crippen LogP contribution in [0.5, 0.6) is 0 Å². The van der Waals surface area contributed by atoms with Gasteiger partial charge < -0.3 is 10.2 Å². The summed E-state index contributed by atoms with van der Waals surface area (Å²) >= 11 is 0. The Hall–Kier alpha value is -0.590. The molecule has 20 heavy (non-hydrogen) atoms. The summed E-state index contributed by atoms with van der Waals surface area (Å²) < 4.78 is 0. The number of piperidine rings is 1. The molecule has 1 rings (SSSR count). The molecule has 0 aromatic heterocycles. The summed E-state index contributed by atoms with van der Waals surface area (Å²) in [6.07, 6.45) is 4.82. The monoisotopic (exact) mass is 279 g/mol. The van der Waals surface area contributed by atoms with E-state index in [0.29, 0.717) is 0 Å². The summed E-state index contributed by atoms with van der Waals surface area (Å²) in [5.41, 5.74) is -0.154. The standard InChI is InChI=1S/C17H33N3/c1-15(2)12-19-13-16-6-10-20(11-7-16)9-5-8-17(3,4)14-18/h15-16,19H,5-13H2,1-4H3. The summed E-state index contributed by atoms with van der Waals surface area (Å²) in [4.78, 5) is 2.58. The van der Waals surface area contributed by atoms with E-state index in [-0.39, 0.29) is 5.41 Å². The SMILES string of the molecule is CC(C)CNCC1CCN(CCCC(C)(C)C#N)CC1. The molecular formula is C17H33N3. The lowest BCUT2D eigenvalue weighted by atomic mass is 9.89. The average Bonchev–Trinajstić information content (AvgIpc) is 2.40. The van der Waals surface area contributed by atoms with Crippen LogP contribution in [0.4, 0.5) is 0 Å². The summed E-state index contributed by atoms with van der Waals surface area (Å²) in [6, 6.07) is 2.39. The van der Waals surface area contributed by atoms with Crippen molar-refractivity contribution in [1.82, 2.24) is 10.2 Å². The number of hydrogen-bond acceptors (Lipinski definition) is 3. The highest BCUT2D eigenvalue weighted by Crippen LogP contribution is 2.22. The summed E-state index contributed by atoms with van der Waals surface area (Å²) in [6.45, 7) is 14.6. The normalized spacial score (nSPS) is 18.4.